The lowest BCUT2D eigenvalue weighted by molar-refractivity contribution is 0.503. The highest BCUT2D eigenvalue weighted by molar-refractivity contribution is 7.76. The first-order valence-corrected chi connectivity index (χ1v) is 12.4. The van der Waals surface area contributed by atoms with Crippen molar-refractivity contribution in [2.45, 2.75) is 25.9 Å². The molecule has 4 aromatic rings. The van der Waals surface area contributed by atoms with Gasteiger partial charge in [-0.3, -0.25) is 14.6 Å². The summed E-state index contributed by atoms with van der Waals surface area (Å²) >= 11 is 0. The van der Waals surface area contributed by atoms with Crippen LogP contribution in [0.4, 0.5) is 0 Å². The molecule has 4 nitrogen and oxygen atoms in total. The Labute approximate surface area is 190 Å². The summed E-state index contributed by atoms with van der Waals surface area (Å²) in [6.45, 7) is 4.16. The summed E-state index contributed by atoms with van der Waals surface area (Å²) in [6, 6.07) is 30.2. The van der Waals surface area contributed by atoms with Gasteiger partial charge in [0.1, 0.15) is 0 Å². The molecule has 162 valence electrons. The SMILES string of the molecule is Cc1ccc(C(NP(=O)(c2ccccc2)c2ccccc2)C(N)c2ccccn2)cc1C. The molecule has 0 radical (unpaired) electrons. The van der Waals surface area contributed by atoms with E-state index in [1.165, 1.54) is 5.56 Å². The van der Waals surface area contributed by atoms with E-state index in [2.05, 4.69) is 42.1 Å². The largest absolute Gasteiger partial charge is 0.321 e. The normalized spacial score (nSPS) is 13.5. The number of pyridine rings is 1. The molecule has 0 aliphatic carbocycles. The van der Waals surface area contributed by atoms with Gasteiger partial charge in [-0.25, -0.2) is 0 Å². The predicted molar refractivity (Wildman–Crippen MR) is 133 cm³/mol. The fourth-order valence-electron chi connectivity index (χ4n) is 3.83. The summed E-state index contributed by atoms with van der Waals surface area (Å²) in [5.74, 6) is 0. The molecule has 0 amide bonds. The average Bonchev–Trinajstić information content (AvgIpc) is 2.85. The molecule has 0 saturated heterocycles. The van der Waals surface area contributed by atoms with Crippen LogP contribution in [0.3, 0.4) is 0 Å². The van der Waals surface area contributed by atoms with E-state index in [-0.39, 0.29) is 0 Å². The third-order valence-electron chi connectivity index (χ3n) is 5.84. The van der Waals surface area contributed by atoms with Crippen LogP contribution in [0.1, 0.15) is 34.5 Å². The molecule has 1 heterocycles. The Hall–Kier alpha value is -3.04. The zero-order valence-electron chi connectivity index (χ0n) is 18.3. The van der Waals surface area contributed by atoms with Gasteiger partial charge in [0.05, 0.1) is 17.8 Å². The third-order valence-corrected chi connectivity index (χ3v) is 8.53. The number of rotatable bonds is 7. The van der Waals surface area contributed by atoms with Crippen LogP contribution in [0.5, 0.6) is 0 Å². The van der Waals surface area contributed by atoms with E-state index < -0.39 is 19.4 Å². The number of hydrogen-bond acceptors (Lipinski definition) is 3. The standard InChI is InChI=1S/C27H28N3OP/c1-20-16-17-22(19-21(20)2)27(26(28)25-15-9-10-18-29-25)30-32(31,23-11-5-3-6-12-23)24-13-7-4-8-14-24/h3-19,26-27H,28H2,1-2H3,(H,30,31). The lowest BCUT2D eigenvalue weighted by Crippen LogP contribution is -2.36. The molecule has 4 rings (SSSR count). The number of nitrogens with one attached hydrogen (secondary N) is 1. The van der Waals surface area contributed by atoms with Gasteiger partial charge in [-0.15, -0.1) is 0 Å². The molecule has 0 saturated carbocycles. The first-order valence-electron chi connectivity index (χ1n) is 10.7. The van der Waals surface area contributed by atoms with Gasteiger partial charge in [-0.05, 0) is 66.9 Å². The number of aromatic nitrogens is 1. The second-order valence-corrected chi connectivity index (χ2v) is 10.5. The summed E-state index contributed by atoms with van der Waals surface area (Å²) < 4.78 is 14.7. The monoisotopic (exact) mass is 441 g/mol. The Bertz CT molecular complexity index is 1170. The van der Waals surface area contributed by atoms with Gasteiger partial charge in [0.2, 0.25) is 7.29 Å². The summed E-state index contributed by atoms with van der Waals surface area (Å²) in [4.78, 5) is 4.49. The van der Waals surface area contributed by atoms with E-state index in [1.807, 2.05) is 78.9 Å². The molecule has 3 aromatic carbocycles. The lowest BCUT2D eigenvalue weighted by atomic mass is 9.95. The van der Waals surface area contributed by atoms with Crippen molar-refractivity contribution >= 4 is 17.9 Å². The molecule has 3 N–H and O–H groups in total. The molecule has 0 fully saturated rings. The Balaban J connectivity index is 1.85. The molecule has 5 heteroatoms. The highest BCUT2D eigenvalue weighted by Crippen LogP contribution is 2.44. The van der Waals surface area contributed by atoms with Crippen LogP contribution < -0.4 is 21.4 Å². The van der Waals surface area contributed by atoms with E-state index in [0.29, 0.717) is 0 Å². The van der Waals surface area contributed by atoms with Crippen molar-refractivity contribution in [2.24, 2.45) is 5.73 Å². The molecule has 32 heavy (non-hydrogen) atoms. The molecule has 2 unspecified atom stereocenters. The highest BCUT2D eigenvalue weighted by Gasteiger charge is 2.34. The Kier molecular flexibility index (Phi) is 6.66. The number of hydrogen-bond donors (Lipinski definition) is 2. The maximum Gasteiger partial charge on any atom is 0.205 e. The number of aryl methyl sites for hydroxylation is 2. The van der Waals surface area contributed by atoms with Crippen molar-refractivity contribution in [2.75, 3.05) is 0 Å². The van der Waals surface area contributed by atoms with Gasteiger partial charge < -0.3 is 5.73 Å². The van der Waals surface area contributed by atoms with Gasteiger partial charge in [0, 0.05) is 16.8 Å². The fourth-order valence-corrected chi connectivity index (χ4v) is 6.32. The Morgan fingerprint density at radius 2 is 1.38 bits per heavy atom. The Morgan fingerprint density at radius 1 is 0.781 bits per heavy atom. The zero-order valence-corrected chi connectivity index (χ0v) is 19.2. The molecule has 0 spiro atoms. The van der Waals surface area contributed by atoms with Crippen molar-refractivity contribution in [1.29, 1.82) is 0 Å². The smallest absolute Gasteiger partial charge is 0.205 e. The molecule has 0 aliphatic heterocycles. The minimum atomic E-state index is -3.20. The third kappa shape index (κ3) is 4.58. The van der Waals surface area contributed by atoms with Crippen LogP contribution in [-0.4, -0.2) is 4.98 Å². The highest BCUT2D eigenvalue weighted by atomic mass is 31.2. The van der Waals surface area contributed by atoms with E-state index in [4.69, 9.17) is 5.73 Å². The average molecular weight is 442 g/mol. The molecule has 1 aromatic heterocycles. The maximum atomic E-state index is 14.7. The topological polar surface area (TPSA) is 68.0 Å². The van der Waals surface area contributed by atoms with Gasteiger partial charge in [-0.2, -0.15) is 0 Å². The lowest BCUT2D eigenvalue weighted by Gasteiger charge is -2.31. The predicted octanol–water partition coefficient (Wildman–Crippen LogP) is 4.96. The van der Waals surface area contributed by atoms with Gasteiger partial charge in [-0.1, -0.05) is 60.7 Å². The maximum absolute atomic E-state index is 14.7. The number of benzene rings is 3. The minimum absolute atomic E-state index is 0.407. The molecular weight excluding hydrogens is 413 g/mol. The minimum Gasteiger partial charge on any atom is -0.321 e. The number of nitrogens with zero attached hydrogens (tertiary/aromatic N) is 1. The van der Waals surface area contributed by atoms with Gasteiger partial charge in [0.25, 0.3) is 0 Å². The van der Waals surface area contributed by atoms with Crippen LogP contribution in [0.2, 0.25) is 0 Å². The van der Waals surface area contributed by atoms with E-state index in [9.17, 15) is 4.57 Å². The molecule has 0 bridgehead atoms. The molecular formula is C27H28N3OP. The summed E-state index contributed by atoms with van der Waals surface area (Å²) in [7, 11) is -3.20. The van der Waals surface area contributed by atoms with E-state index in [1.54, 1.807) is 6.20 Å². The van der Waals surface area contributed by atoms with Crippen LogP contribution in [0.25, 0.3) is 0 Å². The van der Waals surface area contributed by atoms with E-state index in [0.717, 1.165) is 27.4 Å². The first-order chi connectivity index (χ1) is 15.5. The van der Waals surface area contributed by atoms with Crippen LogP contribution in [0.15, 0.2) is 103 Å². The fraction of sp³-hybridized carbons (Fsp3) is 0.148. The summed E-state index contributed by atoms with van der Waals surface area (Å²) in [5, 5.41) is 5.00. The first kappa shape index (κ1) is 22.2. The van der Waals surface area contributed by atoms with Gasteiger partial charge in [0.15, 0.2) is 0 Å². The molecule has 0 aliphatic rings. The quantitative estimate of drug-likeness (QED) is 0.398. The second-order valence-electron chi connectivity index (χ2n) is 8.01. The van der Waals surface area contributed by atoms with Crippen molar-refractivity contribution < 1.29 is 4.57 Å². The van der Waals surface area contributed by atoms with Crippen molar-refractivity contribution in [1.82, 2.24) is 10.1 Å². The molecule has 2 atom stereocenters. The second kappa shape index (κ2) is 9.62. The summed E-state index contributed by atoms with van der Waals surface area (Å²) in [5.41, 5.74) is 10.9. The van der Waals surface area contributed by atoms with Crippen molar-refractivity contribution in [3.63, 3.8) is 0 Å². The van der Waals surface area contributed by atoms with Gasteiger partial charge >= 0.3 is 0 Å². The zero-order chi connectivity index (χ0) is 22.6. The van der Waals surface area contributed by atoms with Crippen LogP contribution in [-0.2, 0) is 4.57 Å². The number of nitrogens with two attached hydrogens (primary N) is 1. The Morgan fingerprint density at radius 3 is 1.91 bits per heavy atom. The van der Waals surface area contributed by atoms with Crippen LogP contribution in [0, 0.1) is 13.8 Å². The van der Waals surface area contributed by atoms with Crippen molar-refractivity contribution in [3.05, 3.63) is 126 Å². The van der Waals surface area contributed by atoms with E-state index >= 15 is 0 Å². The summed E-state index contributed by atoms with van der Waals surface area (Å²) in [6.07, 6.45) is 1.74. The van der Waals surface area contributed by atoms with Crippen LogP contribution >= 0.6 is 7.29 Å². The van der Waals surface area contributed by atoms with Crippen molar-refractivity contribution in [3.8, 4) is 0 Å².